The average molecular weight is 251 g/mol. The van der Waals surface area contributed by atoms with Crippen molar-refractivity contribution in [2.75, 3.05) is 16.8 Å². The molecule has 104 valence electrons. The van der Waals surface area contributed by atoms with E-state index in [1.54, 1.807) is 6.07 Å². The van der Waals surface area contributed by atoms with Crippen LogP contribution >= 0.6 is 0 Å². The summed E-state index contributed by atoms with van der Waals surface area (Å²) in [6.45, 7) is 14.0. The van der Waals surface area contributed by atoms with Crippen LogP contribution in [0.3, 0.4) is 0 Å². The molecule has 0 aliphatic heterocycles. The summed E-state index contributed by atoms with van der Waals surface area (Å²) in [5.74, 6) is 0. The molecule has 3 heteroatoms. The number of anilines is 3. The highest BCUT2D eigenvalue weighted by Gasteiger charge is 1.99. The van der Waals surface area contributed by atoms with Gasteiger partial charge in [0.25, 0.3) is 0 Å². The Kier molecular flexibility index (Phi) is 12.3. The SMILES string of the molecule is C=C(CCC)Nc1ccc(N)cc1N.CC.CC. The number of allylic oxidation sites excluding steroid dienone is 1. The maximum absolute atomic E-state index is 5.78. The summed E-state index contributed by atoms with van der Waals surface area (Å²) in [6.07, 6.45) is 2.02. The predicted molar refractivity (Wildman–Crippen MR) is 85.6 cm³/mol. The van der Waals surface area contributed by atoms with E-state index in [0.29, 0.717) is 11.4 Å². The Morgan fingerprint density at radius 2 is 1.72 bits per heavy atom. The largest absolute Gasteiger partial charge is 0.399 e. The van der Waals surface area contributed by atoms with Crippen LogP contribution in [0.15, 0.2) is 30.5 Å². The van der Waals surface area contributed by atoms with Gasteiger partial charge in [-0.05, 0) is 24.6 Å². The molecule has 0 fully saturated rings. The first-order valence-corrected chi connectivity index (χ1v) is 6.73. The van der Waals surface area contributed by atoms with Crippen molar-refractivity contribution in [1.82, 2.24) is 0 Å². The molecule has 0 unspecified atom stereocenters. The minimum absolute atomic E-state index is 0.655. The Labute approximate surface area is 112 Å². The Bertz CT molecular complexity index is 333. The zero-order valence-corrected chi connectivity index (χ0v) is 12.5. The van der Waals surface area contributed by atoms with Gasteiger partial charge in [-0.25, -0.2) is 0 Å². The van der Waals surface area contributed by atoms with Crippen LogP contribution in [0, 0.1) is 0 Å². The van der Waals surface area contributed by atoms with Crippen molar-refractivity contribution >= 4 is 17.1 Å². The molecule has 5 N–H and O–H groups in total. The second-order valence-electron chi connectivity index (χ2n) is 3.33. The summed E-state index contributed by atoms with van der Waals surface area (Å²) in [6, 6.07) is 5.42. The molecule has 0 aliphatic carbocycles. The van der Waals surface area contributed by atoms with Crippen LogP contribution in [0.1, 0.15) is 47.5 Å². The minimum Gasteiger partial charge on any atom is -0.399 e. The lowest BCUT2D eigenvalue weighted by Gasteiger charge is -2.11. The summed E-state index contributed by atoms with van der Waals surface area (Å²) in [5, 5.41) is 3.16. The number of rotatable bonds is 4. The maximum atomic E-state index is 5.78. The lowest BCUT2D eigenvalue weighted by Crippen LogP contribution is -2.01. The van der Waals surface area contributed by atoms with Gasteiger partial charge in [-0.2, -0.15) is 0 Å². The van der Waals surface area contributed by atoms with Crippen molar-refractivity contribution in [2.24, 2.45) is 0 Å². The molecule has 0 bridgehead atoms. The third-order valence-electron chi connectivity index (χ3n) is 1.94. The van der Waals surface area contributed by atoms with Crippen LogP contribution in [0.25, 0.3) is 0 Å². The van der Waals surface area contributed by atoms with E-state index >= 15 is 0 Å². The van der Waals surface area contributed by atoms with Gasteiger partial charge in [0.05, 0.1) is 11.4 Å². The molecule has 0 saturated heterocycles. The van der Waals surface area contributed by atoms with Crippen molar-refractivity contribution in [2.45, 2.75) is 47.5 Å². The van der Waals surface area contributed by atoms with Crippen molar-refractivity contribution in [1.29, 1.82) is 0 Å². The molecule has 3 nitrogen and oxygen atoms in total. The van der Waals surface area contributed by atoms with Crippen molar-refractivity contribution in [3.05, 3.63) is 30.5 Å². The zero-order chi connectivity index (χ0) is 14.6. The molecule has 1 aromatic rings. The molecule has 0 atom stereocenters. The first-order valence-electron chi connectivity index (χ1n) is 6.73. The summed E-state index contributed by atoms with van der Waals surface area (Å²) < 4.78 is 0. The Balaban J connectivity index is 0. The third-order valence-corrected chi connectivity index (χ3v) is 1.94. The molecule has 0 aliphatic rings. The molecule has 0 aromatic heterocycles. The lowest BCUT2D eigenvalue weighted by molar-refractivity contribution is 0.914. The Morgan fingerprint density at radius 1 is 1.17 bits per heavy atom. The number of hydrogen-bond acceptors (Lipinski definition) is 3. The Morgan fingerprint density at radius 3 is 2.17 bits per heavy atom. The van der Waals surface area contributed by atoms with Crippen LogP contribution in [-0.4, -0.2) is 0 Å². The first-order chi connectivity index (χ1) is 8.63. The summed E-state index contributed by atoms with van der Waals surface area (Å²) in [4.78, 5) is 0. The number of nitrogens with two attached hydrogens (primary N) is 2. The van der Waals surface area contributed by atoms with Gasteiger partial charge >= 0.3 is 0 Å². The third kappa shape index (κ3) is 7.60. The fourth-order valence-electron chi connectivity index (χ4n) is 1.25. The molecule has 0 amide bonds. The lowest BCUT2D eigenvalue weighted by atomic mass is 10.2. The van der Waals surface area contributed by atoms with Gasteiger partial charge in [-0.1, -0.05) is 47.6 Å². The summed E-state index contributed by atoms with van der Waals surface area (Å²) in [5.41, 5.74) is 14.5. The topological polar surface area (TPSA) is 64.1 Å². The predicted octanol–water partition coefficient (Wildman–Crippen LogP) is 4.63. The van der Waals surface area contributed by atoms with Gasteiger partial charge in [0, 0.05) is 11.4 Å². The Hall–Kier alpha value is -1.64. The van der Waals surface area contributed by atoms with Gasteiger partial charge in [-0.15, -0.1) is 0 Å². The molecule has 0 radical (unpaired) electrons. The fraction of sp³-hybridized carbons (Fsp3) is 0.467. The molecule has 0 spiro atoms. The monoisotopic (exact) mass is 251 g/mol. The van der Waals surface area contributed by atoms with Crippen LogP contribution in [0.2, 0.25) is 0 Å². The van der Waals surface area contributed by atoms with Crippen LogP contribution in [0.4, 0.5) is 17.1 Å². The van der Waals surface area contributed by atoms with Gasteiger partial charge in [0.2, 0.25) is 0 Å². The van der Waals surface area contributed by atoms with Gasteiger partial charge in [0.15, 0.2) is 0 Å². The van der Waals surface area contributed by atoms with Crippen LogP contribution in [0.5, 0.6) is 0 Å². The van der Waals surface area contributed by atoms with Gasteiger partial charge in [-0.3, -0.25) is 0 Å². The molecule has 0 heterocycles. The molecule has 0 saturated carbocycles. The molecule has 1 aromatic carbocycles. The van der Waals surface area contributed by atoms with E-state index in [-0.39, 0.29) is 0 Å². The van der Waals surface area contributed by atoms with Crippen molar-refractivity contribution < 1.29 is 0 Å². The zero-order valence-electron chi connectivity index (χ0n) is 12.5. The van der Waals surface area contributed by atoms with Gasteiger partial charge < -0.3 is 16.8 Å². The van der Waals surface area contributed by atoms with Gasteiger partial charge in [0.1, 0.15) is 0 Å². The normalized spacial score (nSPS) is 8.28. The summed E-state index contributed by atoms with van der Waals surface area (Å²) >= 11 is 0. The minimum atomic E-state index is 0.655. The first kappa shape index (κ1) is 18.7. The highest BCUT2D eigenvalue weighted by Crippen LogP contribution is 2.22. The van der Waals surface area contributed by atoms with E-state index in [1.807, 2.05) is 39.8 Å². The van der Waals surface area contributed by atoms with Crippen LogP contribution < -0.4 is 16.8 Å². The quantitative estimate of drug-likeness (QED) is 0.684. The smallest absolute Gasteiger partial charge is 0.0616 e. The van der Waals surface area contributed by atoms with E-state index in [1.165, 1.54) is 0 Å². The number of benzene rings is 1. The highest BCUT2D eigenvalue weighted by molar-refractivity contribution is 5.72. The van der Waals surface area contributed by atoms with E-state index < -0.39 is 0 Å². The number of nitrogens with one attached hydrogen (secondary N) is 1. The van der Waals surface area contributed by atoms with E-state index in [2.05, 4.69) is 18.8 Å². The van der Waals surface area contributed by atoms with E-state index in [9.17, 15) is 0 Å². The van der Waals surface area contributed by atoms with Crippen LogP contribution in [-0.2, 0) is 0 Å². The van der Waals surface area contributed by atoms with E-state index in [4.69, 9.17) is 11.5 Å². The summed E-state index contributed by atoms with van der Waals surface area (Å²) in [7, 11) is 0. The molecular formula is C15H29N3. The van der Waals surface area contributed by atoms with E-state index in [0.717, 1.165) is 24.2 Å². The number of nitrogen functional groups attached to an aromatic ring is 2. The molecule has 18 heavy (non-hydrogen) atoms. The van der Waals surface area contributed by atoms with Crippen molar-refractivity contribution in [3.63, 3.8) is 0 Å². The average Bonchev–Trinajstić information content (AvgIpc) is 2.38. The second-order valence-corrected chi connectivity index (χ2v) is 3.33. The number of hydrogen-bond donors (Lipinski definition) is 3. The van der Waals surface area contributed by atoms with Crippen molar-refractivity contribution in [3.8, 4) is 0 Å². The molecule has 1 rings (SSSR count). The molecular weight excluding hydrogens is 222 g/mol. The second kappa shape index (κ2) is 11.8. The highest BCUT2D eigenvalue weighted by atomic mass is 14.9. The standard InChI is InChI=1S/C11H17N3.2C2H6/c1-3-4-8(2)14-11-6-5-9(12)7-10(11)13;2*1-2/h5-7,14H,2-4,12-13H2,1H3;2*1-2H3. The maximum Gasteiger partial charge on any atom is 0.0616 e. The fourth-order valence-corrected chi connectivity index (χ4v) is 1.25.